The number of carbonyl (C=O) groups is 1. The average molecular weight is 456 g/mol. The van der Waals surface area contributed by atoms with Crippen molar-refractivity contribution in [2.75, 3.05) is 20.7 Å². The number of benzene rings is 1. The molecule has 1 aromatic carbocycles. The largest absolute Gasteiger partial charge is 0.496 e. The molecule has 2 fully saturated rings. The van der Waals surface area contributed by atoms with Crippen molar-refractivity contribution in [2.24, 2.45) is 0 Å². The van der Waals surface area contributed by atoms with E-state index in [9.17, 15) is 18.0 Å². The third-order valence-corrected chi connectivity index (χ3v) is 6.24. The zero-order chi connectivity index (χ0) is 21.7. The first-order chi connectivity index (χ1) is 14.1. The number of ether oxygens (including phenoxy) is 1. The minimum absolute atomic E-state index is 0. The van der Waals surface area contributed by atoms with Gasteiger partial charge in [0.15, 0.2) is 0 Å². The fourth-order valence-electron chi connectivity index (χ4n) is 4.50. The molecule has 4 rings (SSSR count). The number of rotatable bonds is 3. The van der Waals surface area contributed by atoms with Crippen LogP contribution in [0.5, 0.6) is 5.75 Å². The number of alkyl halides is 3. The fourth-order valence-corrected chi connectivity index (χ4v) is 4.50. The molecule has 31 heavy (non-hydrogen) atoms. The zero-order valence-corrected chi connectivity index (χ0v) is 18.4. The second-order valence-electron chi connectivity index (χ2n) is 8.13. The lowest BCUT2D eigenvalue weighted by molar-refractivity contribution is -0.137. The lowest BCUT2D eigenvalue weighted by Gasteiger charge is -2.23. The molecule has 0 radical (unpaired) electrons. The third kappa shape index (κ3) is 4.11. The molecule has 9 heteroatoms. The molecule has 0 bridgehead atoms. The standard InChI is InChI=1S/C22H24F3N3O2.ClH/c1-13-12-26-18(17-6-7-21(27-17)8-9-28(2)20(21)29)11-16(13)15-5-4-14(22(23,24)25)10-19(15)30-3;/h4-5,10-12,17,27H,6-9H2,1-3H3;1H/t17-,21-;/m0./s1. The molecule has 2 aliphatic heterocycles. The van der Waals surface area contributed by atoms with Crippen LogP contribution in [0.15, 0.2) is 30.5 Å². The van der Waals surface area contributed by atoms with Crippen LogP contribution in [-0.2, 0) is 11.0 Å². The molecule has 3 heterocycles. The summed E-state index contributed by atoms with van der Waals surface area (Å²) in [5.74, 6) is 0.273. The third-order valence-electron chi connectivity index (χ3n) is 6.24. The topological polar surface area (TPSA) is 54.5 Å². The summed E-state index contributed by atoms with van der Waals surface area (Å²) in [6.45, 7) is 2.59. The molecule has 1 amide bonds. The van der Waals surface area contributed by atoms with Crippen molar-refractivity contribution in [2.45, 2.75) is 43.9 Å². The molecule has 2 aliphatic rings. The lowest BCUT2D eigenvalue weighted by Crippen LogP contribution is -2.47. The molecule has 0 aliphatic carbocycles. The number of aromatic nitrogens is 1. The monoisotopic (exact) mass is 455 g/mol. The highest BCUT2D eigenvalue weighted by Crippen LogP contribution is 2.41. The number of methoxy groups -OCH3 is 1. The number of hydrogen-bond acceptors (Lipinski definition) is 4. The maximum absolute atomic E-state index is 13.1. The van der Waals surface area contributed by atoms with E-state index in [1.165, 1.54) is 13.2 Å². The molecule has 1 spiro atoms. The van der Waals surface area contributed by atoms with Gasteiger partial charge in [0, 0.05) is 25.4 Å². The number of halogens is 4. The van der Waals surface area contributed by atoms with Crippen LogP contribution in [0.25, 0.3) is 11.1 Å². The van der Waals surface area contributed by atoms with Gasteiger partial charge < -0.3 is 9.64 Å². The summed E-state index contributed by atoms with van der Waals surface area (Å²) in [7, 11) is 3.17. The summed E-state index contributed by atoms with van der Waals surface area (Å²) >= 11 is 0. The molecule has 2 saturated heterocycles. The van der Waals surface area contributed by atoms with Gasteiger partial charge in [-0.05, 0) is 55.5 Å². The first-order valence-corrected chi connectivity index (χ1v) is 9.90. The highest BCUT2D eigenvalue weighted by atomic mass is 35.5. The van der Waals surface area contributed by atoms with E-state index in [1.807, 2.05) is 20.0 Å². The highest BCUT2D eigenvalue weighted by Gasteiger charge is 2.50. The van der Waals surface area contributed by atoms with Crippen molar-refractivity contribution in [3.05, 3.63) is 47.3 Å². The van der Waals surface area contributed by atoms with Crippen LogP contribution in [0.1, 0.15) is 42.1 Å². The number of hydrogen-bond donors (Lipinski definition) is 1. The number of nitrogens with zero attached hydrogens (tertiary/aromatic N) is 2. The van der Waals surface area contributed by atoms with E-state index in [0.29, 0.717) is 5.56 Å². The van der Waals surface area contributed by atoms with Crippen molar-refractivity contribution < 1.29 is 22.7 Å². The van der Waals surface area contributed by atoms with Crippen LogP contribution in [0, 0.1) is 6.92 Å². The van der Waals surface area contributed by atoms with Gasteiger partial charge in [0.25, 0.3) is 0 Å². The summed E-state index contributed by atoms with van der Waals surface area (Å²) < 4.78 is 44.5. The van der Waals surface area contributed by atoms with Crippen LogP contribution < -0.4 is 10.1 Å². The van der Waals surface area contributed by atoms with Crippen molar-refractivity contribution in [1.82, 2.24) is 15.2 Å². The van der Waals surface area contributed by atoms with Gasteiger partial charge in [-0.15, -0.1) is 12.4 Å². The molecule has 2 atom stereocenters. The molecule has 2 aromatic rings. The van der Waals surface area contributed by atoms with Crippen molar-refractivity contribution in [3.8, 4) is 16.9 Å². The summed E-state index contributed by atoms with van der Waals surface area (Å²) in [4.78, 5) is 18.9. The molecule has 1 aromatic heterocycles. The van der Waals surface area contributed by atoms with Crippen LogP contribution in [0.2, 0.25) is 0 Å². The Kier molecular flexibility index (Phi) is 6.26. The molecule has 1 N–H and O–H groups in total. The second-order valence-corrected chi connectivity index (χ2v) is 8.13. The van der Waals surface area contributed by atoms with Crippen molar-refractivity contribution >= 4 is 18.3 Å². The van der Waals surface area contributed by atoms with Crippen LogP contribution in [0.3, 0.4) is 0 Å². The lowest BCUT2D eigenvalue weighted by atomic mass is 9.95. The number of likely N-dealkylation sites (N-methyl/N-ethyl adjacent to an activating group) is 1. The van der Waals surface area contributed by atoms with Gasteiger partial charge in [-0.25, -0.2) is 0 Å². The molecular weight excluding hydrogens is 431 g/mol. The minimum atomic E-state index is -4.44. The Morgan fingerprint density at radius 2 is 1.97 bits per heavy atom. The number of pyridine rings is 1. The minimum Gasteiger partial charge on any atom is -0.496 e. The van der Waals surface area contributed by atoms with E-state index in [4.69, 9.17) is 4.74 Å². The van der Waals surface area contributed by atoms with Crippen LogP contribution in [0.4, 0.5) is 13.2 Å². The Balaban J connectivity index is 0.00000272. The van der Waals surface area contributed by atoms with Crippen molar-refractivity contribution in [1.29, 1.82) is 0 Å². The molecule has 168 valence electrons. The number of likely N-dealkylation sites (tertiary alicyclic amines) is 1. The maximum atomic E-state index is 13.1. The number of aryl methyl sites for hydroxylation is 1. The zero-order valence-electron chi connectivity index (χ0n) is 17.5. The van der Waals surface area contributed by atoms with Crippen LogP contribution >= 0.6 is 12.4 Å². The van der Waals surface area contributed by atoms with Gasteiger partial charge >= 0.3 is 6.18 Å². The Morgan fingerprint density at radius 3 is 2.58 bits per heavy atom. The van der Waals surface area contributed by atoms with E-state index in [2.05, 4.69) is 10.3 Å². The van der Waals surface area contributed by atoms with Gasteiger partial charge in [-0.3, -0.25) is 15.1 Å². The molecule has 0 unspecified atom stereocenters. The highest BCUT2D eigenvalue weighted by molar-refractivity contribution is 5.88. The first kappa shape index (κ1) is 23.3. The van der Waals surface area contributed by atoms with Gasteiger partial charge in [0.2, 0.25) is 5.91 Å². The molecule has 0 saturated carbocycles. The predicted molar refractivity (Wildman–Crippen MR) is 113 cm³/mol. The van der Waals surface area contributed by atoms with E-state index < -0.39 is 17.3 Å². The second kappa shape index (κ2) is 8.31. The average Bonchev–Trinajstić information content (AvgIpc) is 3.27. The normalized spacial score (nSPS) is 23.4. The Labute approximate surface area is 185 Å². The summed E-state index contributed by atoms with van der Waals surface area (Å²) in [5.41, 5.74) is 1.67. The van der Waals surface area contributed by atoms with E-state index in [0.717, 1.165) is 54.8 Å². The summed E-state index contributed by atoms with van der Waals surface area (Å²) in [6, 6.07) is 5.32. The summed E-state index contributed by atoms with van der Waals surface area (Å²) in [5, 5.41) is 3.48. The quantitative estimate of drug-likeness (QED) is 0.738. The SMILES string of the molecule is COc1cc(C(F)(F)F)ccc1-c1cc([C@@H]2CC[C@@]3(CCN(C)C3=O)N2)ncc1C.Cl. The molecular formula is C22H25ClF3N3O2. The number of amides is 1. The Hall–Kier alpha value is -2.32. The van der Waals surface area contributed by atoms with Crippen LogP contribution in [-0.4, -0.2) is 42.0 Å². The first-order valence-electron chi connectivity index (χ1n) is 9.90. The summed E-state index contributed by atoms with van der Waals surface area (Å²) in [6.07, 6.45) is -0.427. The predicted octanol–water partition coefficient (Wildman–Crippen LogP) is 4.53. The number of nitrogens with one attached hydrogen (secondary N) is 1. The van der Waals surface area contributed by atoms with Gasteiger partial charge in [-0.2, -0.15) is 13.2 Å². The number of carbonyl (C=O) groups excluding carboxylic acids is 1. The van der Waals surface area contributed by atoms with Gasteiger partial charge in [0.1, 0.15) is 11.3 Å². The van der Waals surface area contributed by atoms with E-state index in [-0.39, 0.29) is 30.1 Å². The molecule has 5 nitrogen and oxygen atoms in total. The van der Waals surface area contributed by atoms with Crippen molar-refractivity contribution in [3.63, 3.8) is 0 Å². The smallest absolute Gasteiger partial charge is 0.416 e. The fraction of sp³-hybridized carbons (Fsp3) is 0.455. The van der Waals surface area contributed by atoms with Gasteiger partial charge in [0.05, 0.1) is 24.4 Å². The maximum Gasteiger partial charge on any atom is 0.416 e. The Bertz CT molecular complexity index is 998. The van der Waals surface area contributed by atoms with E-state index >= 15 is 0 Å². The Morgan fingerprint density at radius 1 is 1.23 bits per heavy atom. The van der Waals surface area contributed by atoms with E-state index in [1.54, 1.807) is 11.1 Å². The van der Waals surface area contributed by atoms with Gasteiger partial charge in [-0.1, -0.05) is 6.07 Å².